The van der Waals surface area contributed by atoms with Crippen LogP contribution in [0.2, 0.25) is 0 Å². The molecule has 0 atom stereocenters. The molecule has 0 aromatic heterocycles. The molecule has 0 radical (unpaired) electrons. The minimum Gasteiger partial charge on any atom is -0.342 e. The molecule has 1 fully saturated rings. The summed E-state index contributed by atoms with van der Waals surface area (Å²) in [6, 6.07) is 14.8. The van der Waals surface area contributed by atoms with Crippen molar-refractivity contribution in [1.82, 2.24) is 4.90 Å². The Bertz CT molecular complexity index is 866. The SMILES string of the molecule is N#Cc1cccc(NC(=O)C2CCN(C(=O)Cc3ccc(F)cc3)CC2)c1. The highest BCUT2D eigenvalue weighted by atomic mass is 19.1. The lowest BCUT2D eigenvalue weighted by Crippen LogP contribution is -2.42. The van der Waals surface area contributed by atoms with Crippen LogP contribution < -0.4 is 5.32 Å². The molecule has 27 heavy (non-hydrogen) atoms. The number of carbonyl (C=O) groups is 2. The fourth-order valence-corrected chi connectivity index (χ4v) is 3.19. The molecule has 1 saturated heterocycles. The summed E-state index contributed by atoms with van der Waals surface area (Å²) < 4.78 is 12.9. The number of hydrogen-bond acceptors (Lipinski definition) is 3. The smallest absolute Gasteiger partial charge is 0.227 e. The summed E-state index contributed by atoms with van der Waals surface area (Å²) >= 11 is 0. The van der Waals surface area contributed by atoms with Crippen molar-refractivity contribution < 1.29 is 14.0 Å². The molecule has 1 aliphatic heterocycles. The Kier molecular flexibility index (Phi) is 5.82. The number of piperidine rings is 1. The number of benzene rings is 2. The summed E-state index contributed by atoms with van der Waals surface area (Å²) in [5.74, 6) is -0.582. The Morgan fingerprint density at radius 2 is 1.85 bits per heavy atom. The maximum Gasteiger partial charge on any atom is 0.227 e. The first-order valence-electron chi connectivity index (χ1n) is 8.88. The number of likely N-dealkylation sites (tertiary alicyclic amines) is 1. The Hall–Kier alpha value is -3.20. The summed E-state index contributed by atoms with van der Waals surface area (Å²) in [5.41, 5.74) is 1.88. The average molecular weight is 365 g/mol. The van der Waals surface area contributed by atoms with E-state index in [2.05, 4.69) is 5.32 Å². The van der Waals surface area contributed by atoms with Crippen LogP contribution in [0.1, 0.15) is 24.0 Å². The van der Waals surface area contributed by atoms with Gasteiger partial charge in [-0.1, -0.05) is 18.2 Å². The molecule has 0 unspecified atom stereocenters. The van der Waals surface area contributed by atoms with Crippen LogP contribution in [0.15, 0.2) is 48.5 Å². The van der Waals surface area contributed by atoms with Gasteiger partial charge in [-0.2, -0.15) is 5.26 Å². The molecule has 2 amide bonds. The van der Waals surface area contributed by atoms with Crippen molar-refractivity contribution in [3.63, 3.8) is 0 Å². The maximum absolute atomic E-state index is 12.9. The van der Waals surface area contributed by atoms with E-state index >= 15 is 0 Å². The molecule has 1 heterocycles. The Morgan fingerprint density at radius 1 is 1.15 bits per heavy atom. The highest BCUT2D eigenvalue weighted by Crippen LogP contribution is 2.21. The largest absolute Gasteiger partial charge is 0.342 e. The molecule has 6 heteroatoms. The van der Waals surface area contributed by atoms with Gasteiger partial charge < -0.3 is 10.2 Å². The van der Waals surface area contributed by atoms with Gasteiger partial charge in [0.2, 0.25) is 11.8 Å². The van der Waals surface area contributed by atoms with Crippen LogP contribution in [0.25, 0.3) is 0 Å². The highest BCUT2D eigenvalue weighted by Gasteiger charge is 2.27. The second-order valence-electron chi connectivity index (χ2n) is 6.64. The van der Waals surface area contributed by atoms with Crippen molar-refractivity contribution >= 4 is 17.5 Å². The zero-order chi connectivity index (χ0) is 19.2. The lowest BCUT2D eigenvalue weighted by molar-refractivity contribution is -0.133. The lowest BCUT2D eigenvalue weighted by atomic mass is 9.95. The molecule has 5 nitrogen and oxygen atoms in total. The molecule has 3 rings (SSSR count). The summed E-state index contributed by atoms with van der Waals surface area (Å²) in [6.07, 6.45) is 1.43. The second kappa shape index (κ2) is 8.45. The number of halogens is 1. The molecular weight excluding hydrogens is 345 g/mol. The standard InChI is InChI=1S/C21H20FN3O2/c22-18-6-4-15(5-7-18)13-20(26)25-10-8-17(9-11-25)21(27)24-19-3-1-2-16(12-19)14-23/h1-7,12,17H,8-11,13H2,(H,24,27). The van der Waals surface area contributed by atoms with E-state index in [1.54, 1.807) is 41.3 Å². The number of nitrogens with zero attached hydrogens (tertiary/aromatic N) is 2. The zero-order valence-electron chi connectivity index (χ0n) is 14.8. The third kappa shape index (κ3) is 4.91. The fraction of sp³-hybridized carbons (Fsp3) is 0.286. The van der Waals surface area contributed by atoms with Crippen LogP contribution in [-0.2, 0) is 16.0 Å². The van der Waals surface area contributed by atoms with E-state index in [-0.39, 0.29) is 30.0 Å². The van der Waals surface area contributed by atoms with E-state index in [9.17, 15) is 14.0 Å². The molecule has 0 bridgehead atoms. The number of hydrogen-bond donors (Lipinski definition) is 1. The molecule has 0 saturated carbocycles. The fourth-order valence-electron chi connectivity index (χ4n) is 3.19. The molecule has 0 spiro atoms. The Balaban J connectivity index is 1.50. The topological polar surface area (TPSA) is 73.2 Å². The predicted octanol–water partition coefficient (Wildman–Crippen LogP) is 3.12. The number of carbonyl (C=O) groups excluding carboxylic acids is 2. The first-order chi connectivity index (χ1) is 13.0. The molecule has 1 N–H and O–H groups in total. The van der Waals surface area contributed by atoms with Gasteiger partial charge in [-0.25, -0.2) is 4.39 Å². The third-order valence-electron chi connectivity index (χ3n) is 4.75. The van der Waals surface area contributed by atoms with Gasteiger partial charge >= 0.3 is 0 Å². The third-order valence-corrected chi connectivity index (χ3v) is 4.75. The van der Waals surface area contributed by atoms with E-state index in [1.165, 1.54) is 12.1 Å². The van der Waals surface area contributed by atoms with E-state index in [0.717, 1.165) is 5.56 Å². The average Bonchev–Trinajstić information content (AvgIpc) is 2.70. The van der Waals surface area contributed by atoms with Gasteiger partial charge in [-0.3, -0.25) is 9.59 Å². The van der Waals surface area contributed by atoms with Gasteiger partial charge in [0.25, 0.3) is 0 Å². The van der Waals surface area contributed by atoms with Gasteiger partial charge in [0.05, 0.1) is 18.1 Å². The molecule has 0 aliphatic carbocycles. The van der Waals surface area contributed by atoms with Crippen LogP contribution in [0.5, 0.6) is 0 Å². The highest BCUT2D eigenvalue weighted by molar-refractivity contribution is 5.93. The molecule has 138 valence electrons. The van der Waals surface area contributed by atoms with E-state index < -0.39 is 0 Å². The minimum absolute atomic E-state index is 0.0119. The van der Waals surface area contributed by atoms with Crippen molar-refractivity contribution in [3.05, 3.63) is 65.5 Å². The van der Waals surface area contributed by atoms with Crippen molar-refractivity contribution in [3.8, 4) is 6.07 Å². The van der Waals surface area contributed by atoms with Crippen molar-refractivity contribution in [1.29, 1.82) is 5.26 Å². The van der Waals surface area contributed by atoms with Crippen LogP contribution in [0, 0.1) is 23.1 Å². The van der Waals surface area contributed by atoms with Gasteiger partial charge in [-0.05, 0) is 48.7 Å². The van der Waals surface area contributed by atoms with Gasteiger partial charge in [-0.15, -0.1) is 0 Å². The van der Waals surface area contributed by atoms with Crippen LogP contribution in [0.3, 0.4) is 0 Å². The quantitative estimate of drug-likeness (QED) is 0.905. The van der Waals surface area contributed by atoms with E-state index in [1.807, 2.05) is 6.07 Å². The zero-order valence-corrected chi connectivity index (χ0v) is 14.8. The first-order valence-corrected chi connectivity index (χ1v) is 8.88. The molecule has 1 aliphatic rings. The molecule has 2 aromatic rings. The number of amides is 2. The Labute approximate surface area is 157 Å². The summed E-state index contributed by atoms with van der Waals surface area (Å²) in [6.45, 7) is 1.05. The summed E-state index contributed by atoms with van der Waals surface area (Å²) in [5, 5.41) is 11.8. The van der Waals surface area contributed by atoms with Gasteiger partial charge in [0, 0.05) is 24.7 Å². The van der Waals surface area contributed by atoms with Crippen molar-refractivity contribution in [2.24, 2.45) is 5.92 Å². The Morgan fingerprint density at radius 3 is 2.52 bits per heavy atom. The van der Waals surface area contributed by atoms with Crippen molar-refractivity contribution in [2.45, 2.75) is 19.3 Å². The lowest BCUT2D eigenvalue weighted by Gasteiger charge is -2.31. The van der Waals surface area contributed by atoms with Crippen LogP contribution in [0.4, 0.5) is 10.1 Å². The number of nitriles is 1. The molecular formula is C21H20FN3O2. The maximum atomic E-state index is 12.9. The van der Waals surface area contributed by atoms with E-state index in [4.69, 9.17) is 5.26 Å². The normalized spacial score (nSPS) is 14.4. The number of rotatable bonds is 4. The summed E-state index contributed by atoms with van der Waals surface area (Å²) in [4.78, 5) is 26.6. The minimum atomic E-state index is -0.321. The second-order valence-corrected chi connectivity index (χ2v) is 6.64. The van der Waals surface area contributed by atoms with Crippen LogP contribution >= 0.6 is 0 Å². The van der Waals surface area contributed by atoms with Crippen LogP contribution in [-0.4, -0.2) is 29.8 Å². The van der Waals surface area contributed by atoms with Crippen molar-refractivity contribution in [2.75, 3.05) is 18.4 Å². The number of nitrogens with one attached hydrogen (secondary N) is 1. The van der Waals surface area contributed by atoms with Gasteiger partial charge in [0.15, 0.2) is 0 Å². The first kappa shape index (κ1) is 18.6. The van der Waals surface area contributed by atoms with E-state index in [0.29, 0.717) is 37.2 Å². The molecule has 2 aromatic carbocycles. The monoisotopic (exact) mass is 365 g/mol. The summed E-state index contributed by atoms with van der Waals surface area (Å²) in [7, 11) is 0. The van der Waals surface area contributed by atoms with Gasteiger partial charge in [0.1, 0.15) is 5.82 Å². The number of anilines is 1. The predicted molar refractivity (Wildman–Crippen MR) is 99.2 cm³/mol.